The maximum absolute atomic E-state index is 12.8. The topological polar surface area (TPSA) is 163 Å². The van der Waals surface area contributed by atoms with E-state index in [2.05, 4.69) is 8.67 Å². The summed E-state index contributed by atoms with van der Waals surface area (Å²) < 4.78 is 64.2. The summed E-state index contributed by atoms with van der Waals surface area (Å²) in [6.07, 6.45) is 0. The number of methoxy groups -OCH3 is 2. The maximum atomic E-state index is 12.8. The van der Waals surface area contributed by atoms with Gasteiger partial charge in [0.05, 0.1) is 14.2 Å². The Balaban J connectivity index is 2.69. The normalized spacial score (nSPS) is 11.9. The third kappa shape index (κ3) is 4.14. The summed E-state index contributed by atoms with van der Waals surface area (Å²) in [5.74, 6) is -1.11. The molecule has 0 unspecified atom stereocenters. The minimum Gasteiger partial charge on any atom is -0.497 e. The van der Waals surface area contributed by atoms with Gasteiger partial charge in [-0.1, -0.05) is 0 Å². The molecule has 0 spiro atoms. The van der Waals surface area contributed by atoms with E-state index in [9.17, 15) is 21.6 Å². The Morgan fingerprint density at radius 1 is 0.821 bits per heavy atom. The zero-order valence-corrected chi connectivity index (χ0v) is 16.0. The molecule has 0 saturated carbocycles. The minimum absolute atomic E-state index is 0.0545. The first-order valence-electron chi connectivity index (χ1n) is 7.18. The molecular formula is C15H14O11S2. The summed E-state index contributed by atoms with van der Waals surface area (Å²) >= 11 is 0. The van der Waals surface area contributed by atoms with Gasteiger partial charge in [-0.15, -0.1) is 8.67 Å². The zero-order chi connectivity index (χ0) is 21.1. The number of ketones is 1. The molecule has 0 aliphatic rings. The van der Waals surface area contributed by atoms with Crippen molar-refractivity contribution in [2.45, 2.75) is 9.79 Å². The van der Waals surface area contributed by atoms with Crippen LogP contribution in [0.5, 0.6) is 11.5 Å². The van der Waals surface area contributed by atoms with Crippen LogP contribution in [0.25, 0.3) is 0 Å². The molecule has 2 N–H and O–H groups in total. The van der Waals surface area contributed by atoms with Crippen molar-refractivity contribution >= 4 is 26.0 Å². The first kappa shape index (κ1) is 21.7. The van der Waals surface area contributed by atoms with E-state index in [4.69, 9.17) is 20.0 Å². The number of rotatable bonds is 8. The zero-order valence-electron chi connectivity index (χ0n) is 14.3. The molecule has 0 aliphatic heterocycles. The van der Waals surface area contributed by atoms with Gasteiger partial charge in [0.25, 0.3) is 0 Å². The lowest BCUT2D eigenvalue weighted by Gasteiger charge is -2.12. The van der Waals surface area contributed by atoms with Crippen LogP contribution < -0.4 is 9.47 Å². The monoisotopic (exact) mass is 434 g/mol. The fraction of sp³-hybridized carbons (Fsp3) is 0.133. The molecule has 28 heavy (non-hydrogen) atoms. The minimum atomic E-state index is -4.72. The molecule has 0 amide bonds. The third-order valence-corrected chi connectivity index (χ3v) is 5.72. The lowest BCUT2D eigenvalue weighted by Crippen LogP contribution is -2.13. The molecule has 0 aromatic heterocycles. The van der Waals surface area contributed by atoms with E-state index in [1.165, 1.54) is 13.2 Å². The van der Waals surface area contributed by atoms with Gasteiger partial charge in [-0.2, -0.15) is 16.8 Å². The summed E-state index contributed by atoms with van der Waals surface area (Å²) in [6.45, 7) is 0. The largest absolute Gasteiger partial charge is 0.497 e. The number of ether oxygens (including phenoxy) is 2. The molecular weight excluding hydrogens is 420 g/mol. The van der Waals surface area contributed by atoms with Crippen molar-refractivity contribution in [3.05, 3.63) is 47.5 Å². The Morgan fingerprint density at radius 3 is 1.96 bits per heavy atom. The fourth-order valence-electron chi connectivity index (χ4n) is 2.27. The van der Waals surface area contributed by atoms with E-state index in [1.807, 2.05) is 0 Å². The van der Waals surface area contributed by atoms with Gasteiger partial charge < -0.3 is 9.47 Å². The average molecular weight is 434 g/mol. The second kappa shape index (κ2) is 8.22. The fourth-order valence-corrected chi connectivity index (χ4v) is 3.79. The van der Waals surface area contributed by atoms with Crippen LogP contribution in [0.15, 0.2) is 46.2 Å². The van der Waals surface area contributed by atoms with Crippen molar-refractivity contribution in [1.82, 2.24) is 0 Å². The lowest BCUT2D eigenvalue weighted by molar-refractivity contribution is -0.130. The van der Waals surface area contributed by atoms with Crippen molar-refractivity contribution in [3.63, 3.8) is 0 Å². The van der Waals surface area contributed by atoms with E-state index in [-0.39, 0.29) is 17.1 Å². The number of carbonyl (C=O) groups is 1. The number of carbonyl (C=O) groups excluding carboxylic acids is 1. The van der Waals surface area contributed by atoms with Crippen molar-refractivity contribution in [2.24, 2.45) is 0 Å². The number of benzene rings is 2. The quantitative estimate of drug-likeness (QED) is 0.349. The van der Waals surface area contributed by atoms with Crippen molar-refractivity contribution < 1.29 is 50.3 Å². The molecule has 2 aromatic rings. The van der Waals surface area contributed by atoms with Crippen LogP contribution in [-0.2, 0) is 28.9 Å². The van der Waals surface area contributed by atoms with Crippen molar-refractivity contribution in [3.8, 4) is 11.5 Å². The Kier molecular flexibility index (Phi) is 6.38. The molecule has 2 aromatic carbocycles. The molecule has 0 atom stereocenters. The van der Waals surface area contributed by atoms with Gasteiger partial charge in [-0.3, -0.25) is 4.79 Å². The van der Waals surface area contributed by atoms with Crippen LogP contribution in [-0.4, -0.2) is 47.4 Å². The molecule has 0 bridgehead atoms. The number of hydrogen-bond acceptors (Lipinski definition) is 11. The highest BCUT2D eigenvalue weighted by Crippen LogP contribution is 2.30. The van der Waals surface area contributed by atoms with E-state index >= 15 is 0 Å². The van der Waals surface area contributed by atoms with E-state index < -0.39 is 41.4 Å². The lowest BCUT2D eigenvalue weighted by atomic mass is 10.0. The molecule has 0 fully saturated rings. The summed E-state index contributed by atoms with van der Waals surface area (Å²) in [4.78, 5) is 11.4. The molecule has 152 valence electrons. The van der Waals surface area contributed by atoms with Crippen LogP contribution in [0.4, 0.5) is 0 Å². The highest BCUT2D eigenvalue weighted by Gasteiger charge is 2.28. The Hall–Kier alpha value is -2.55. The standard InChI is InChI=1S/C15H14O11S2/c1-23-10-4-5-11(13(8-10)27(19,20)25-17)15(16)9-3-6-12(24-2)14(7-9)28(21,22)26-18/h3-8,17-18H,1-2H3. The van der Waals surface area contributed by atoms with Crippen LogP contribution in [0.3, 0.4) is 0 Å². The van der Waals surface area contributed by atoms with Crippen molar-refractivity contribution in [1.29, 1.82) is 0 Å². The van der Waals surface area contributed by atoms with Gasteiger partial charge in [0.1, 0.15) is 21.3 Å². The van der Waals surface area contributed by atoms with E-state index in [1.54, 1.807) is 0 Å². The van der Waals surface area contributed by atoms with Crippen LogP contribution in [0.1, 0.15) is 15.9 Å². The van der Waals surface area contributed by atoms with Gasteiger partial charge in [0, 0.05) is 17.2 Å². The highest BCUT2D eigenvalue weighted by molar-refractivity contribution is 7.87. The van der Waals surface area contributed by atoms with E-state index in [0.717, 1.165) is 37.4 Å². The second-order valence-corrected chi connectivity index (χ2v) is 8.11. The first-order chi connectivity index (χ1) is 13.1. The Labute approximate surface area is 159 Å². The van der Waals surface area contributed by atoms with Crippen molar-refractivity contribution in [2.75, 3.05) is 14.2 Å². The number of hydrogen-bond donors (Lipinski definition) is 2. The summed E-state index contributed by atoms with van der Waals surface area (Å²) in [6, 6.07) is 6.41. The van der Waals surface area contributed by atoms with Crippen LogP contribution in [0.2, 0.25) is 0 Å². The molecule has 0 aliphatic carbocycles. The molecule has 0 heterocycles. The predicted octanol–water partition coefficient (Wildman–Crippen LogP) is 1.29. The summed E-state index contributed by atoms with van der Waals surface area (Å²) in [5, 5.41) is 17.2. The molecule has 2 rings (SSSR count). The van der Waals surface area contributed by atoms with Gasteiger partial charge in [-0.25, -0.2) is 10.5 Å². The molecule has 11 nitrogen and oxygen atoms in total. The summed E-state index contributed by atoms with van der Waals surface area (Å²) in [7, 11) is -6.98. The van der Waals surface area contributed by atoms with Gasteiger partial charge in [-0.05, 0) is 30.3 Å². The van der Waals surface area contributed by atoms with E-state index in [0.29, 0.717) is 0 Å². The second-order valence-electron chi connectivity index (χ2n) is 5.11. The molecule has 0 radical (unpaired) electrons. The first-order valence-corrected chi connectivity index (χ1v) is 9.99. The molecule has 0 saturated heterocycles. The van der Waals surface area contributed by atoms with Gasteiger partial charge in [0.2, 0.25) is 0 Å². The average Bonchev–Trinajstić information content (AvgIpc) is 2.72. The van der Waals surface area contributed by atoms with Gasteiger partial charge in [0.15, 0.2) is 5.78 Å². The SMILES string of the molecule is COc1ccc(C(=O)c2ccc(OC)c(S(=O)(=O)OO)c2)c(S(=O)(=O)OO)c1. The highest BCUT2D eigenvalue weighted by atomic mass is 32.2. The Bertz CT molecular complexity index is 1100. The third-order valence-electron chi connectivity index (χ3n) is 3.59. The Morgan fingerprint density at radius 2 is 1.43 bits per heavy atom. The smallest absolute Gasteiger partial charge is 0.326 e. The van der Waals surface area contributed by atoms with Crippen LogP contribution in [0, 0.1) is 0 Å². The molecule has 13 heteroatoms. The van der Waals surface area contributed by atoms with Crippen LogP contribution >= 0.6 is 0 Å². The predicted molar refractivity (Wildman–Crippen MR) is 91.2 cm³/mol. The summed E-state index contributed by atoms with van der Waals surface area (Å²) in [5.41, 5.74) is -0.718. The maximum Gasteiger partial charge on any atom is 0.326 e. The van der Waals surface area contributed by atoms with Gasteiger partial charge >= 0.3 is 20.2 Å².